The van der Waals surface area contributed by atoms with Gasteiger partial charge in [-0.05, 0) is 24.3 Å². The maximum absolute atomic E-state index is 12.0. The molecule has 0 aliphatic carbocycles. The third-order valence-electron chi connectivity index (χ3n) is 4.03. The Bertz CT molecular complexity index is 940. The molecular formula is C19H18Cl2N2O3. The molecular weight excluding hydrogens is 375 g/mol. The van der Waals surface area contributed by atoms with Crippen LogP contribution < -0.4 is 10.1 Å². The summed E-state index contributed by atoms with van der Waals surface area (Å²) in [4.78, 5) is 12.0. The monoisotopic (exact) mass is 392 g/mol. The summed E-state index contributed by atoms with van der Waals surface area (Å²) in [7, 11) is 1.92. The van der Waals surface area contributed by atoms with Crippen molar-refractivity contribution in [2.24, 2.45) is 7.05 Å². The number of hydrogen-bond acceptors (Lipinski definition) is 3. The second-order valence-electron chi connectivity index (χ2n) is 5.90. The number of nitrogens with zero attached hydrogens (tertiary/aromatic N) is 1. The van der Waals surface area contributed by atoms with Gasteiger partial charge in [0.25, 0.3) is 5.91 Å². The molecule has 1 aromatic heterocycles. The van der Waals surface area contributed by atoms with Crippen LogP contribution in [-0.2, 0) is 11.8 Å². The topological polar surface area (TPSA) is 63.5 Å². The van der Waals surface area contributed by atoms with Crippen LogP contribution in [0.25, 0.3) is 10.9 Å². The van der Waals surface area contributed by atoms with E-state index >= 15 is 0 Å². The lowest BCUT2D eigenvalue weighted by molar-refractivity contribution is -0.123. The van der Waals surface area contributed by atoms with Gasteiger partial charge in [-0.2, -0.15) is 0 Å². The van der Waals surface area contributed by atoms with Crippen LogP contribution in [0.15, 0.2) is 48.7 Å². The molecule has 0 aliphatic heterocycles. The summed E-state index contributed by atoms with van der Waals surface area (Å²) in [5.41, 5.74) is 1.79. The fourth-order valence-electron chi connectivity index (χ4n) is 2.75. The number of fused-ring (bicyclic) bond motifs is 1. The van der Waals surface area contributed by atoms with Crippen molar-refractivity contribution >= 4 is 40.0 Å². The Morgan fingerprint density at radius 1 is 1.27 bits per heavy atom. The quantitative estimate of drug-likeness (QED) is 0.671. The molecule has 0 aliphatic rings. The predicted molar refractivity (Wildman–Crippen MR) is 103 cm³/mol. The van der Waals surface area contributed by atoms with Crippen molar-refractivity contribution in [3.8, 4) is 5.75 Å². The second-order valence-corrected chi connectivity index (χ2v) is 6.74. The number of carbonyl (C=O) groups excluding carboxylic acids is 1. The largest absolute Gasteiger partial charge is 0.482 e. The molecule has 3 aromatic rings. The highest BCUT2D eigenvalue weighted by Crippen LogP contribution is 2.27. The van der Waals surface area contributed by atoms with Crippen molar-refractivity contribution in [3.05, 3.63) is 64.3 Å². The van der Waals surface area contributed by atoms with Gasteiger partial charge >= 0.3 is 0 Å². The van der Waals surface area contributed by atoms with Crippen molar-refractivity contribution in [1.29, 1.82) is 0 Å². The number of para-hydroxylation sites is 1. The van der Waals surface area contributed by atoms with Crippen LogP contribution in [0.1, 0.15) is 11.7 Å². The molecule has 1 atom stereocenters. The van der Waals surface area contributed by atoms with Crippen molar-refractivity contribution in [3.63, 3.8) is 0 Å². The smallest absolute Gasteiger partial charge is 0.258 e. The van der Waals surface area contributed by atoms with E-state index in [1.165, 1.54) is 0 Å². The number of halogens is 2. The molecule has 1 heterocycles. The molecule has 0 saturated heterocycles. The molecule has 2 aromatic carbocycles. The zero-order chi connectivity index (χ0) is 18.7. The number of aliphatic hydroxyl groups excluding tert-OH is 1. The van der Waals surface area contributed by atoms with E-state index in [1.807, 2.05) is 42.1 Å². The molecule has 26 heavy (non-hydrogen) atoms. The first-order valence-electron chi connectivity index (χ1n) is 8.02. The van der Waals surface area contributed by atoms with Gasteiger partial charge in [0, 0.05) is 41.3 Å². The zero-order valence-electron chi connectivity index (χ0n) is 14.1. The van der Waals surface area contributed by atoms with E-state index < -0.39 is 6.10 Å². The van der Waals surface area contributed by atoms with Gasteiger partial charge in [0.2, 0.25) is 0 Å². The Hall–Kier alpha value is -2.21. The van der Waals surface area contributed by atoms with Crippen LogP contribution in [0.5, 0.6) is 5.75 Å². The fourth-order valence-corrected chi connectivity index (χ4v) is 3.21. The van der Waals surface area contributed by atoms with E-state index in [9.17, 15) is 9.90 Å². The molecule has 0 fully saturated rings. The standard InChI is InChI=1S/C19H18Cl2N2O3/c1-23-10-14(13-4-2-3-5-16(13)23)17(24)9-22-19(25)11-26-18-7-6-12(20)8-15(18)21/h2-8,10,17,24H,9,11H2,1H3,(H,22,25)/t17-/m0/s1. The van der Waals surface area contributed by atoms with Crippen LogP contribution in [-0.4, -0.2) is 28.7 Å². The first-order valence-corrected chi connectivity index (χ1v) is 8.78. The lowest BCUT2D eigenvalue weighted by Crippen LogP contribution is -2.32. The van der Waals surface area contributed by atoms with Crippen molar-refractivity contribution in [2.75, 3.05) is 13.2 Å². The van der Waals surface area contributed by atoms with Gasteiger partial charge in [-0.1, -0.05) is 41.4 Å². The van der Waals surface area contributed by atoms with Gasteiger partial charge < -0.3 is 19.7 Å². The third-order valence-corrected chi connectivity index (χ3v) is 4.56. The Morgan fingerprint density at radius 3 is 2.81 bits per heavy atom. The van der Waals surface area contributed by atoms with E-state index in [2.05, 4.69) is 5.32 Å². The van der Waals surface area contributed by atoms with E-state index in [0.29, 0.717) is 15.8 Å². The Labute approximate surface area is 161 Å². The van der Waals surface area contributed by atoms with E-state index in [0.717, 1.165) is 16.5 Å². The highest BCUT2D eigenvalue weighted by atomic mass is 35.5. The number of aliphatic hydroxyl groups is 1. The Kier molecular flexibility index (Phi) is 5.71. The van der Waals surface area contributed by atoms with Gasteiger partial charge in [-0.25, -0.2) is 0 Å². The molecule has 0 saturated carbocycles. The maximum atomic E-state index is 12.0. The van der Waals surface area contributed by atoms with Crippen LogP contribution in [0.2, 0.25) is 10.0 Å². The van der Waals surface area contributed by atoms with Gasteiger partial charge in [0.1, 0.15) is 5.75 Å². The average Bonchev–Trinajstić information content (AvgIpc) is 2.96. The van der Waals surface area contributed by atoms with E-state index in [-0.39, 0.29) is 19.1 Å². The number of benzene rings is 2. The summed E-state index contributed by atoms with van der Waals surface area (Å²) in [5.74, 6) is 0.0242. The lowest BCUT2D eigenvalue weighted by atomic mass is 10.1. The summed E-state index contributed by atoms with van der Waals surface area (Å²) in [5, 5.41) is 14.9. The average molecular weight is 393 g/mol. The number of aryl methyl sites for hydroxylation is 1. The summed E-state index contributed by atoms with van der Waals surface area (Å²) in [6.07, 6.45) is 1.05. The number of rotatable bonds is 6. The number of amides is 1. The van der Waals surface area contributed by atoms with Crippen LogP contribution in [0, 0.1) is 0 Å². The molecule has 0 radical (unpaired) electrons. The normalized spacial score (nSPS) is 12.2. The van der Waals surface area contributed by atoms with Crippen molar-refractivity contribution < 1.29 is 14.6 Å². The van der Waals surface area contributed by atoms with E-state index in [4.69, 9.17) is 27.9 Å². The van der Waals surface area contributed by atoms with Gasteiger partial charge in [0.05, 0.1) is 11.1 Å². The first kappa shape index (κ1) is 18.6. The molecule has 0 bridgehead atoms. The molecule has 0 spiro atoms. The molecule has 136 valence electrons. The highest BCUT2D eigenvalue weighted by Gasteiger charge is 2.15. The SMILES string of the molecule is Cn1cc([C@@H](O)CNC(=O)COc2ccc(Cl)cc2Cl)c2ccccc21. The molecule has 2 N–H and O–H groups in total. The fraction of sp³-hybridized carbons (Fsp3) is 0.211. The Morgan fingerprint density at radius 2 is 2.04 bits per heavy atom. The molecule has 3 rings (SSSR count). The summed E-state index contributed by atoms with van der Waals surface area (Å²) >= 11 is 11.8. The number of carbonyl (C=O) groups is 1. The van der Waals surface area contributed by atoms with Crippen LogP contribution in [0.3, 0.4) is 0 Å². The predicted octanol–water partition coefficient (Wildman–Crippen LogP) is 3.71. The van der Waals surface area contributed by atoms with Gasteiger partial charge in [-0.3, -0.25) is 4.79 Å². The number of aromatic nitrogens is 1. The first-order chi connectivity index (χ1) is 12.5. The molecule has 7 heteroatoms. The van der Waals surface area contributed by atoms with Gasteiger partial charge in [-0.15, -0.1) is 0 Å². The summed E-state index contributed by atoms with van der Waals surface area (Å²) in [6, 6.07) is 12.6. The minimum absolute atomic E-state index is 0.0878. The number of ether oxygens (including phenoxy) is 1. The minimum atomic E-state index is -0.816. The number of nitrogens with one attached hydrogen (secondary N) is 1. The summed E-state index contributed by atoms with van der Waals surface area (Å²) in [6.45, 7) is -0.117. The Balaban J connectivity index is 1.57. The molecule has 1 amide bonds. The second kappa shape index (κ2) is 7.99. The minimum Gasteiger partial charge on any atom is -0.482 e. The molecule has 0 unspecified atom stereocenters. The highest BCUT2D eigenvalue weighted by molar-refractivity contribution is 6.35. The third kappa shape index (κ3) is 4.12. The zero-order valence-corrected chi connectivity index (χ0v) is 15.6. The lowest BCUT2D eigenvalue weighted by Gasteiger charge is -2.12. The van der Waals surface area contributed by atoms with Gasteiger partial charge in [0.15, 0.2) is 6.61 Å². The summed E-state index contributed by atoms with van der Waals surface area (Å²) < 4.78 is 7.32. The van der Waals surface area contributed by atoms with E-state index in [1.54, 1.807) is 18.2 Å². The maximum Gasteiger partial charge on any atom is 0.258 e. The van der Waals surface area contributed by atoms with Crippen molar-refractivity contribution in [1.82, 2.24) is 9.88 Å². The number of hydrogen-bond donors (Lipinski definition) is 2. The molecule has 5 nitrogen and oxygen atoms in total. The van der Waals surface area contributed by atoms with Crippen molar-refractivity contribution in [2.45, 2.75) is 6.10 Å². The van der Waals surface area contributed by atoms with Crippen LogP contribution in [0.4, 0.5) is 0 Å². The van der Waals surface area contributed by atoms with Crippen LogP contribution >= 0.6 is 23.2 Å².